The van der Waals surface area contributed by atoms with Crippen LogP contribution in [0.2, 0.25) is 0 Å². The van der Waals surface area contributed by atoms with Gasteiger partial charge in [0.25, 0.3) is 0 Å². The van der Waals surface area contributed by atoms with Crippen LogP contribution in [0.15, 0.2) is 12.1 Å². The molecule has 0 aromatic heterocycles. The number of hydrogen-bond donors (Lipinski definition) is 3. The zero-order chi connectivity index (χ0) is 11.8. The lowest BCUT2D eigenvalue weighted by molar-refractivity contribution is -0.207. The van der Waals surface area contributed by atoms with E-state index in [4.69, 9.17) is 15.3 Å². The minimum atomic E-state index is -4.88. The van der Waals surface area contributed by atoms with Crippen LogP contribution in [-0.4, -0.2) is 21.5 Å². The highest BCUT2D eigenvalue weighted by Crippen LogP contribution is 2.40. The van der Waals surface area contributed by atoms with Crippen LogP contribution < -0.4 is 0 Å². The van der Waals surface area contributed by atoms with Crippen molar-refractivity contribution in [1.82, 2.24) is 0 Å². The summed E-state index contributed by atoms with van der Waals surface area (Å²) in [5.74, 6) is -1.64. The third-order valence-corrected chi connectivity index (χ3v) is 1.87. The molecule has 0 aliphatic carbocycles. The summed E-state index contributed by atoms with van der Waals surface area (Å²) in [6.07, 6.45) is -7.68. The Hall–Kier alpha value is -1.43. The van der Waals surface area contributed by atoms with Crippen LogP contribution in [0, 0.1) is 6.92 Å². The number of halogens is 3. The average Bonchev–Trinajstić information content (AvgIpc) is 2.08. The molecule has 0 radical (unpaired) electrons. The smallest absolute Gasteiger partial charge is 0.418 e. The van der Waals surface area contributed by atoms with E-state index >= 15 is 0 Å². The van der Waals surface area contributed by atoms with E-state index in [0.717, 1.165) is 12.1 Å². The third kappa shape index (κ3) is 2.33. The summed E-state index contributed by atoms with van der Waals surface area (Å²) in [6.45, 7) is 1.44. The Labute approximate surface area is 83.4 Å². The second-order valence-corrected chi connectivity index (χ2v) is 3.17. The lowest BCUT2D eigenvalue weighted by Gasteiger charge is -2.17. The fraction of sp³-hybridized carbons (Fsp3) is 0.333. The van der Waals surface area contributed by atoms with Gasteiger partial charge in [0.05, 0.1) is 0 Å². The number of phenolic OH excluding ortho intramolecular Hbond substituents is 2. The largest absolute Gasteiger partial charge is 0.504 e. The predicted molar refractivity (Wildman–Crippen MR) is 45.5 cm³/mol. The van der Waals surface area contributed by atoms with Gasteiger partial charge in [-0.2, -0.15) is 13.2 Å². The number of aryl methyl sites for hydroxylation is 1. The van der Waals surface area contributed by atoms with Gasteiger partial charge in [0, 0.05) is 5.56 Å². The summed E-state index contributed by atoms with van der Waals surface area (Å²) >= 11 is 0. The first-order chi connectivity index (χ1) is 6.73. The molecule has 0 heterocycles. The van der Waals surface area contributed by atoms with Crippen molar-refractivity contribution in [3.63, 3.8) is 0 Å². The van der Waals surface area contributed by atoms with Crippen LogP contribution in [0.1, 0.15) is 17.2 Å². The second-order valence-electron chi connectivity index (χ2n) is 3.17. The van der Waals surface area contributed by atoms with Gasteiger partial charge in [-0.05, 0) is 24.6 Å². The molecule has 0 spiro atoms. The molecule has 15 heavy (non-hydrogen) atoms. The van der Waals surface area contributed by atoms with Crippen molar-refractivity contribution in [1.29, 1.82) is 0 Å². The van der Waals surface area contributed by atoms with E-state index in [1.165, 1.54) is 6.92 Å². The molecule has 3 N–H and O–H groups in total. The van der Waals surface area contributed by atoms with Gasteiger partial charge in [-0.1, -0.05) is 0 Å². The summed E-state index contributed by atoms with van der Waals surface area (Å²) in [6, 6.07) is 2.06. The van der Waals surface area contributed by atoms with Crippen LogP contribution in [0.5, 0.6) is 11.5 Å². The molecule has 1 aromatic rings. The molecule has 84 valence electrons. The fourth-order valence-corrected chi connectivity index (χ4v) is 1.17. The summed E-state index contributed by atoms with van der Waals surface area (Å²) in [5, 5.41) is 27.1. The molecule has 6 heteroatoms. The molecule has 3 nitrogen and oxygen atoms in total. The first-order valence-electron chi connectivity index (χ1n) is 4.00. The van der Waals surface area contributed by atoms with Gasteiger partial charge in [-0.3, -0.25) is 0 Å². The Balaban J connectivity index is 3.25. The van der Waals surface area contributed by atoms with Gasteiger partial charge in [0.15, 0.2) is 17.6 Å². The molecule has 0 bridgehead atoms. The molecular weight excluding hydrogens is 213 g/mol. The quantitative estimate of drug-likeness (QED) is 0.637. The topological polar surface area (TPSA) is 60.7 Å². The van der Waals surface area contributed by atoms with Gasteiger partial charge in [0.2, 0.25) is 0 Å². The highest BCUT2D eigenvalue weighted by atomic mass is 19.4. The first kappa shape index (κ1) is 11.6. The number of aliphatic hydroxyl groups excluding tert-OH is 1. The number of hydrogen-bond acceptors (Lipinski definition) is 3. The molecule has 0 amide bonds. The number of rotatable bonds is 1. The van der Waals surface area contributed by atoms with Crippen molar-refractivity contribution in [2.24, 2.45) is 0 Å². The predicted octanol–water partition coefficient (Wildman–Crippen LogP) is 2.00. The van der Waals surface area contributed by atoms with Gasteiger partial charge >= 0.3 is 6.18 Å². The summed E-state index contributed by atoms with van der Waals surface area (Å²) in [5.41, 5.74) is -0.441. The number of alkyl halides is 3. The van der Waals surface area contributed by atoms with E-state index < -0.39 is 29.3 Å². The molecule has 0 saturated heterocycles. The van der Waals surface area contributed by atoms with Crippen molar-refractivity contribution < 1.29 is 28.5 Å². The second kappa shape index (κ2) is 3.62. The molecule has 1 aromatic carbocycles. The molecule has 0 saturated carbocycles. The first-order valence-corrected chi connectivity index (χ1v) is 4.00. The van der Waals surface area contributed by atoms with E-state index in [2.05, 4.69) is 0 Å². The van der Waals surface area contributed by atoms with Crippen LogP contribution >= 0.6 is 0 Å². The van der Waals surface area contributed by atoms with E-state index in [-0.39, 0.29) is 0 Å². The Morgan fingerprint density at radius 3 is 2.20 bits per heavy atom. The van der Waals surface area contributed by atoms with Gasteiger partial charge in [-0.25, -0.2) is 0 Å². The highest BCUT2D eigenvalue weighted by Gasteiger charge is 2.41. The SMILES string of the molecule is Cc1cc(O)c(O)c(C(O)C(F)(F)F)c1. The zero-order valence-corrected chi connectivity index (χ0v) is 7.71. The van der Waals surface area contributed by atoms with E-state index in [0.29, 0.717) is 5.56 Å². The lowest BCUT2D eigenvalue weighted by atomic mass is 10.0. The molecule has 1 rings (SSSR count). The van der Waals surface area contributed by atoms with E-state index in [1.54, 1.807) is 0 Å². The lowest BCUT2D eigenvalue weighted by Crippen LogP contribution is -2.20. The average molecular weight is 222 g/mol. The molecule has 0 aliphatic rings. The number of phenols is 2. The van der Waals surface area contributed by atoms with Crippen LogP contribution in [0.4, 0.5) is 13.2 Å². The van der Waals surface area contributed by atoms with Crippen LogP contribution in [0.25, 0.3) is 0 Å². The standard InChI is InChI=1S/C9H9F3O3/c1-4-2-5(7(14)6(13)3-4)8(15)9(10,11)12/h2-3,8,13-15H,1H3. The van der Waals surface area contributed by atoms with Gasteiger partial charge in [-0.15, -0.1) is 0 Å². The molecular formula is C9H9F3O3. The third-order valence-electron chi connectivity index (χ3n) is 1.87. The van der Waals surface area contributed by atoms with Crippen molar-refractivity contribution in [2.75, 3.05) is 0 Å². The zero-order valence-electron chi connectivity index (χ0n) is 7.71. The summed E-state index contributed by atoms with van der Waals surface area (Å²) < 4.78 is 36.4. The maximum Gasteiger partial charge on any atom is 0.418 e. The van der Waals surface area contributed by atoms with Crippen LogP contribution in [0.3, 0.4) is 0 Å². The molecule has 1 unspecified atom stereocenters. The Kier molecular flexibility index (Phi) is 2.81. The molecule has 1 atom stereocenters. The van der Waals surface area contributed by atoms with Crippen LogP contribution in [-0.2, 0) is 0 Å². The molecule has 0 aliphatic heterocycles. The molecule has 0 fully saturated rings. The maximum absolute atomic E-state index is 12.1. The summed E-state index contributed by atoms with van der Waals surface area (Å²) in [7, 11) is 0. The van der Waals surface area contributed by atoms with Crippen molar-refractivity contribution in [2.45, 2.75) is 19.2 Å². The van der Waals surface area contributed by atoms with Gasteiger partial charge < -0.3 is 15.3 Å². The number of aliphatic hydroxyl groups is 1. The van der Waals surface area contributed by atoms with E-state index in [9.17, 15) is 13.2 Å². The Bertz CT molecular complexity index is 374. The minimum absolute atomic E-state index is 0.309. The van der Waals surface area contributed by atoms with Crippen molar-refractivity contribution in [3.05, 3.63) is 23.3 Å². The Morgan fingerprint density at radius 1 is 1.20 bits per heavy atom. The monoisotopic (exact) mass is 222 g/mol. The van der Waals surface area contributed by atoms with Gasteiger partial charge in [0.1, 0.15) is 0 Å². The Morgan fingerprint density at radius 2 is 1.73 bits per heavy atom. The minimum Gasteiger partial charge on any atom is -0.504 e. The number of aromatic hydroxyl groups is 2. The summed E-state index contributed by atoms with van der Waals surface area (Å²) in [4.78, 5) is 0. The van der Waals surface area contributed by atoms with E-state index in [1.807, 2.05) is 0 Å². The fourth-order valence-electron chi connectivity index (χ4n) is 1.17. The normalized spacial score (nSPS) is 13.9. The maximum atomic E-state index is 12.1. The van der Waals surface area contributed by atoms with Crippen molar-refractivity contribution in [3.8, 4) is 11.5 Å². The number of benzene rings is 1. The highest BCUT2D eigenvalue weighted by molar-refractivity contribution is 5.48. The van der Waals surface area contributed by atoms with Crippen molar-refractivity contribution >= 4 is 0 Å².